The maximum atomic E-state index is 3.76. The van der Waals surface area contributed by atoms with E-state index in [0.29, 0.717) is 11.5 Å². The summed E-state index contributed by atoms with van der Waals surface area (Å²) < 4.78 is 0. The van der Waals surface area contributed by atoms with E-state index in [4.69, 9.17) is 0 Å². The third kappa shape index (κ3) is 4.57. The highest BCUT2D eigenvalue weighted by Gasteiger charge is 2.29. The molecule has 118 valence electrons. The van der Waals surface area contributed by atoms with Crippen molar-refractivity contribution in [2.24, 2.45) is 17.3 Å². The summed E-state index contributed by atoms with van der Waals surface area (Å²) in [5.41, 5.74) is 3.34. The molecular weight excluding hydrogens is 254 g/mol. The second kappa shape index (κ2) is 6.96. The molecule has 1 aliphatic carbocycles. The Hall–Kier alpha value is -0.820. The van der Waals surface area contributed by atoms with Gasteiger partial charge in [-0.05, 0) is 74.5 Å². The third-order valence-electron chi connectivity index (χ3n) is 5.44. The number of aryl methyl sites for hydroxylation is 1. The summed E-state index contributed by atoms with van der Waals surface area (Å²) in [6, 6.07) is 9.20. The Kier molecular flexibility index (Phi) is 5.48. The Bertz CT molecular complexity index is 435. The lowest BCUT2D eigenvalue weighted by molar-refractivity contribution is 0.148. The predicted molar refractivity (Wildman–Crippen MR) is 92.5 cm³/mol. The summed E-state index contributed by atoms with van der Waals surface area (Å²) >= 11 is 0. The number of hydrogen-bond acceptors (Lipinski definition) is 1. The molecule has 1 N–H and O–H groups in total. The van der Waals surface area contributed by atoms with Gasteiger partial charge in [0, 0.05) is 6.04 Å². The molecule has 2 rings (SSSR count). The number of hydrogen-bond donors (Lipinski definition) is 1. The molecule has 1 atom stereocenters. The summed E-state index contributed by atoms with van der Waals surface area (Å²) in [5.74, 6) is 1.79. The van der Waals surface area contributed by atoms with Crippen LogP contribution in [0.3, 0.4) is 0 Å². The second-order valence-electron chi connectivity index (χ2n) is 8.07. The Balaban J connectivity index is 1.79. The Morgan fingerprint density at radius 1 is 1.10 bits per heavy atom. The molecule has 1 aromatic rings. The van der Waals surface area contributed by atoms with Gasteiger partial charge in [-0.1, -0.05) is 45.0 Å². The van der Waals surface area contributed by atoms with Gasteiger partial charge in [0.05, 0.1) is 0 Å². The van der Waals surface area contributed by atoms with E-state index < -0.39 is 0 Å². The van der Waals surface area contributed by atoms with Crippen molar-refractivity contribution < 1.29 is 0 Å². The largest absolute Gasteiger partial charge is 0.310 e. The fourth-order valence-electron chi connectivity index (χ4n) is 3.76. The van der Waals surface area contributed by atoms with E-state index in [-0.39, 0.29) is 0 Å². The van der Waals surface area contributed by atoms with E-state index >= 15 is 0 Å². The molecule has 0 aromatic heterocycles. The first-order chi connectivity index (χ1) is 9.88. The molecule has 1 fully saturated rings. The van der Waals surface area contributed by atoms with Crippen LogP contribution < -0.4 is 5.32 Å². The Labute approximate surface area is 131 Å². The molecule has 1 unspecified atom stereocenters. The molecule has 1 heteroatoms. The first kappa shape index (κ1) is 16.5. The van der Waals surface area contributed by atoms with E-state index in [0.717, 1.165) is 11.8 Å². The molecule has 0 spiro atoms. The monoisotopic (exact) mass is 287 g/mol. The zero-order valence-corrected chi connectivity index (χ0v) is 14.6. The zero-order chi connectivity index (χ0) is 15.5. The van der Waals surface area contributed by atoms with E-state index in [1.807, 2.05) is 0 Å². The summed E-state index contributed by atoms with van der Waals surface area (Å²) in [6.45, 7) is 12.9. The minimum Gasteiger partial charge on any atom is -0.310 e. The molecule has 21 heavy (non-hydrogen) atoms. The SMILES string of the molecule is Cc1ccccc1C(C)NCC1CCC(C(C)(C)C)CC1. The van der Waals surface area contributed by atoms with Crippen molar-refractivity contribution in [2.45, 2.75) is 66.3 Å². The van der Waals surface area contributed by atoms with Crippen molar-refractivity contribution in [3.63, 3.8) is 0 Å². The van der Waals surface area contributed by atoms with E-state index in [9.17, 15) is 0 Å². The first-order valence-electron chi connectivity index (χ1n) is 8.67. The lowest BCUT2D eigenvalue weighted by Gasteiger charge is -2.37. The molecule has 0 saturated heterocycles. The molecule has 0 heterocycles. The van der Waals surface area contributed by atoms with Crippen molar-refractivity contribution in [3.8, 4) is 0 Å². The quantitative estimate of drug-likeness (QED) is 0.771. The minimum absolute atomic E-state index is 0.464. The summed E-state index contributed by atoms with van der Waals surface area (Å²) in [6.07, 6.45) is 5.62. The average Bonchev–Trinajstić information content (AvgIpc) is 2.45. The number of nitrogens with one attached hydrogen (secondary N) is 1. The topological polar surface area (TPSA) is 12.0 Å². The van der Waals surface area contributed by atoms with Crippen molar-refractivity contribution in [3.05, 3.63) is 35.4 Å². The normalized spacial score (nSPS) is 24.8. The van der Waals surface area contributed by atoms with Crippen molar-refractivity contribution in [2.75, 3.05) is 6.54 Å². The zero-order valence-electron chi connectivity index (χ0n) is 14.6. The van der Waals surface area contributed by atoms with Crippen LogP contribution in [0.25, 0.3) is 0 Å². The molecule has 0 amide bonds. The Morgan fingerprint density at radius 3 is 2.29 bits per heavy atom. The maximum absolute atomic E-state index is 3.76. The standard InChI is InChI=1S/C20H33N/c1-15-8-6-7-9-19(15)16(2)21-14-17-10-12-18(13-11-17)20(3,4)5/h6-9,16-18,21H,10-14H2,1-5H3. The number of rotatable bonds is 4. The fourth-order valence-corrected chi connectivity index (χ4v) is 3.76. The highest BCUT2D eigenvalue weighted by molar-refractivity contribution is 5.28. The lowest BCUT2D eigenvalue weighted by Crippen LogP contribution is -2.31. The van der Waals surface area contributed by atoms with Crippen LogP contribution in [-0.2, 0) is 0 Å². The molecule has 0 aliphatic heterocycles. The molecular formula is C20H33N. The molecule has 1 aliphatic rings. The highest BCUT2D eigenvalue weighted by atomic mass is 14.9. The van der Waals surface area contributed by atoms with Crippen LogP contribution in [0.2, 0.25) is 0 Å². The van der Waals surface area contributed by atoms with Gasteiger partial charge in [-0.15, -0.1) is 0 Å². The van der Waals surface area contributed by atoms with Crippen molar-refractivity contribution in [1.29, 1.82) is 0 Å². The van der Waals surface area contributed by atoms with Gasteiger partial charge in [0.25, 0.3) is 0 Å². The van der Waals surface area contributed by atoms with Gasteiger partial charge in [-0.2, -0.15) is 0 Å². The van der Waals surface area contributed by atoms with Gasteiger partial charge in [0.1, 0.15) is 0 Å². The van der Waals surface area contributed by atoms with Crippen molar-refractivity contribution >= 4 is 0 Å². The third-order valence-corrected chi connectivity index (χ3v) is 5.44. The van der Waals surface area contributed by atoms with Gasteiger partial charge < -0.3 is 5.32 Å². The molecule has 1 nitrogen and oxygen atoms in total. The van der Waals surface area contributed by atoms with Gasteiger partial charge in [0.2, 0.25) is 0 Å². The second-order valence-corrected chi connectivity index (χ2v) is 8.07. The molecule has 1 aromatic carbocycles. The van der Waals surface area contributed by atoms with Crippen LogP contribution in [-0.4, -0.2) is 6.54 Å². The van der Waals surface area contributed by atoms with Gasteiger partial charge in [0.15, 0.2) is 0 Å². The predicted octanol–water partition coefficient (Wildman–Crippen LogP) is 5.50. The van der Waals surface area contributed by atoms with Crippen LogP contribution in [0.15, 0.2) is 24.3 Å². The summed E-state index contributed by atoms with van der Waals surface area (Å²) in [5, 5.41) is 3.76. The summed E-state index contributed by atoms with van der Waals surface area (Å²) in [7, 11) is 0. The van der Waals surface area contributed by atoms with Crippen LogP contribution >= 0.6 is 0 Å². The van der Waals surface area contributed by atoms with Gasteiger partial charge in [-0.3, -0.25) is 0 Å². The minimum atomic E-state index is 0.464. The highest BCUT2D eigenvalue weighted by Crippen LogP contribution is 2.39. The van der Waals surface area contributed by atoms with Crippen molar-refractivity contribution in [1.82, 2.24) is 5.32 Å². The Morgan fingerprint density at radius 2 is 1.71 bits per heavy atom. The van der Waals surface area contributed by atoms with E-state index in [1.165, 1.54) is 43.4 Å². The van der Waals surface area contributed by atoms with E-state index in [2.05, 4.69) is 64.2 Å². The van der Waals surface area contributed by atoms with Crippen LogP contribution in [0.1, 0.15) is 70.5 Å². The smallest absolute Gasteiger partial charge is 0.0294 e. The van der Waals surface area contributed by atoms with E-state index in [1.54, 1.807) is 0 Å². The maximum Gasteiger partial charge on any atom is 0.0294 e. The van der Waals surface area contributed by atoms with Crippen LogP contribution in [0, 0.1) is 24.2 Å². The van der Waals surface area contributed by atoms with Crippen LogP contribution in [0.5, 0.6) is 0 Å². The molecule has 0 bridgehead atoms. The molecule has 0 radical (unpaired) electrons. The van der Waals surface area contributed by atoms with Gasteiger partial charge in [-0.25, -0.2) is 0 Å². The van der Waals surface area contributed by atoms with Gasteiger partial charge >= 0.3 is 0 Å². The van der Waals surface area contributed by atoms with Crippen LogP contribution in [0.4, 0.5) is 0 Å². The average molecular weight is 287 g/mol. The number of benzene rings is 1. The first-order valence-corrected chi connectivity index (χ1v) is 8.67. The lowest BCUT2D eigenvalue weighted by atomic mass is 9.70. The molecule has 1 saturated carbocycles. The fraction of sp³-hybridized carbons (Fsp3) is 0.700. The summed E-state index contributed by atoms with van der Waals surface area (Å²) in [4.78, 5) is 0.